The predicted molar refractivity (Wildman–Crippen MR) is 229 cm³/mol. The molecule has 8 nitrogen and oxygen atoms in total. The highest BCUT2D eigenvalue weighted by atomic mass is 16.6. The number of esters is 2. The molecule has 4 aromatic carbocycles. The maximum atomic E-state index is 12.2. The SMILES string of the molecule is CCOC(=O)[C@H](Cc1ccc(OCC=C(C)C#Cc2ccc(-c3ccc(C#CC(C)=CCOc4ccc(C[C@H](OCC)C(=O)OCC)cc4)cc3)cc2)cc1)OCC. The Hall–Kier alpha value is -6.06. The van der Waals surface area contributed by atoms with Crippen LogP contribution in [0.4, 0.5) is 0 Å². The van der Waals surface area contributed by atoms with Crippen molar-refractivity contribution in [3.05, 3.63) is 143 Å². The lowest BCUT2D eigenvalue weighted by Crippen LogP contribution is -2.28. The summed E-state index contributed by atoms with van der Waals surface area (Å²) in [4.78, 5) is 24.3. The average Bonchev–Trinajstić information content (AvgIpc) is 3.23. The zero-order valence-corrected chi connectivity index (χ0v) is 34.5. The quantitative estimate of drug-likeness (QED) is 0.0688. The van der Waals surface area contributed by atoms with Gasteiger partial charge in [-0.1, -0.05) is 72.2 Å². The van der Waals surface area contributed by atoms with Crippen molar-refractivity contribution in [3.63, 3.8) is 0 Å². The summed E-state index contributed by atoms with van der Waals surface area (Å²) >= 11 is 0. The van der Waals surface area contributed by atoms with Crippen molar-refractivity contribution in [3.8, 4) is 46.3 Å². The smallest absolute Gasteiger partial charge is 0.335 e. The van der Waals surface area contributed by atoms with Crippen molar-refractivity contribution in [1.82, 2.24) is 0 Å². The van der Waals surface area contributed by atoms with Crippen molar-refractivity contribution in [1.29, 1.82) is 0 Å². The summed E-state index contributed by atoms with van der Waals surface area (Å²) in [7, 11) is 0. The molecule has 4 aromatic rings. The van der Waals surface area contributed by atoms with Crippen LogP contribution in [0.3, 0.4) is 0 Å². The first-order chi connectivity index (χ1) is 28.2. The molecule has 0 aromatic heterocycles. The molecule has 0 fully saturated rings. The molecular weight excluding hydrogens is 729 g/mol. The van der Waals surface area contributed by atoms with Crippen molar-refractivity contribution in [2.24, 2.45) is 0 Å². The third-order valence-corrected chi connectivity index (χ3v) is 8.71. The van der Waals surface area contributed by atoms with Gasteiger partial charge >= 0.3 is 11.9 Å². The van der Waals surface area contributed by atoms with Crippen LogP contribution in [0.1, 0.15) is 63.8 Å². The highest BCUT2D eigenvalue weighted by molar-refractivity contribution is 5.75. The molecule has 0 heterocycles. The number of allylic oxidation sites excluding steroid dienone is 2. The molecule has 0 spiro atoms. The van der Waals surface area contributed by atoms with Gasteiger partial charge in [0.15, 0.2) is 12.2 Å². The third-order valence-electron chi connectivity index (χ3n) is 8.71. The number of carbonyl (C=O) groups is 2. The lowest BCUT2D eigenvalue weighted by atomic mass is 10.0. The van der Waals surface area contributed by atoms with Gasteiger partial charge in [0.2, 0.25) is 0 Å². The summed E-state index contributed by atoms with van der Waals surface area (Å²) in [6.45, 7) is 13.5. The molecule has 0 aliphatic rings. The summed E-state index contributed by atoms with van der Waals surface area (Å²) in [5.41, 5.74) is 7.81. The van der Waals surface area contributed by atoms with Crippen LogP contribution in [0.25, 0.3) is 11.1 Å². The van der Waals surface area contributed by atoms with E-state index < -0.39 is 12.2 Å². The second kappa shape index (κ2) is 24.5. The molecule has 0 aliphatic carbocycles. The number of benzene rings is 4. The van der Waals surface area contributed by atoms with Crippen molar-refractivity contribution < 1.29 is 38.0 Å². The summed E-state index contributed by atoms with van der Waals surface area (Å²) in [5, 5.41) is 0. The number of rotatable bonds is 19. The van der Waals surface area contributed by atoms with E-state index in [9.17, 15) is 9.59 Å². The van der Waals surface area contributed by atoms with Crippen molar-refractivity contribution in [2.75, 3.05) is 39.6 Å². The Morgan fingerprint density at radius 1 is 0.517 bits per heavy atom. The van der Waals surface area contributed by atoms with Gasteiger partial charge in [-0.3, -0.25) is 0 Å². The molecule has 0 unspecified atom stereocenters. The maximum absolute atomic E-state index is 12.2. The standard InChI is InChI=1S/C50H54O8/c1-7-53-47(49(51)55-9-3)35-41-19-27-45(28-20-41)57-33-31-37(5)11-13-39-15-23-43(24-16-39)44-25-17-40(18-26-44)14-12-38(6)32-34-58-46-29-21-42(22-30-46)36-48(54-8-2)50(52)56-10-4/h15-32,47-48H,7-10,33-36H2,1-6H3/t47-,48-/m0/s1. The maximum Gasteiger partial charge on any atom is 0.335 e. The van der Waals surface area contributed by atoms with E-state index >= 15 is 0 Å². The summed E-state index contributed by atoms with van der Waals surface area (Å²) < 4.78 is 33.2. The van der Waals surface area contributed by atoms with Gasteiger partial charge < -0.3 is 28.4 Å². The van der Waals surface area contributed by atoms with Crippen LogP contribution in [-0.4, -0.2) is 63.8 Å². The van der Waals surface area contributed by atoms with Crippen LogP contribution in [-0.2, 0) is 41.4 Å². The Balaban J connectivity index is 1.21. The van der Waals surface area contributed by atoms with Crippen LogP contribution < -0.4 is 9.47 Å². The summed E-state index contributed by atoms with van der Waals surface area (Å²) in [5.74, 6) is 13.6. The van der Waals surface area contributed by atoms with Crippen LogP contribution in [0, 0.1) is 23.7 Å². The molecule has 0 amide bonds. The molecule has 0 saturated carbocycles. The fourth-order valence-corrected chi connectivity index (χ4v) is 5.63. The normalized spacial score (nSPS) is 12.2. The molecule has 0 aliphatic heterocycles. The fourth-order valence-electron chi connectivity index (χ4n) is 5.63. The Morgan fingerprint density at radius 3 is 1.21 bits per heavy atom. The average molecular weight is 783 g/mol. The molecule has 0 saturated heterocycles. The topological polar surface area (TPSA) is 89.5 Å². The minimum atomic E-state index is -0.618. The Bertz CT molecular complexity index is 1920. The van der Waals surface area contributed by atoms with Crippen LogP contribution >= 0.6 is 0 Å². The van der Waals surface area contributed by atoms with Crippen LogP contribution in [0.15, 0.2) is 120 Å². The number of hydrogen-bond donors (Lipinski definition) is 0. The first kappa shape index (κ1) is 44.7. The van der Waals surface area contributed by atoms with E-state index in [0.717, 1.165) is 56.0 Å². The highest BCUT2D eigenvalue weighted by Crippen LogP contribution is 2.21. The van der Waals surface area contributed by atoms with E-state index in [0.29, 0.717) is 52.5 Å². The first-order valence-electron chi connectivity index (χ1n) is 19.8. The van der Waals surface area contributed by atoms with Gasteiger partial charge in [-0.05, 0) is 136 Å². The van der Waals surface area contributed by atoms with E-state index in [-0.39, 0.29) is 11.9 Å². The van der Waals surface area contributed by atoms with Gasteiger partial charge in [0.05, 0.1) is 13.2 Å². The number of carbonyl (C=O) groups excluding carboxylic acids is 2. The zero-order chi connectivity index (χ0) is 41.5. The third kappa shape index (κ3) is 15.5. The van der Waals surface area contributed by atoms with E-state index in [4.69, 9.17) is 28.4 Å². The number of hydrogen-bond acceptors (Lipinski definition) is 8. The molecule has 2 atom stereocenters. The molecule has 0 bridgehead atoms. The molecular formula is C50H54O8. The number of ether oxygens (including phenoxy) is 6. The Labute approximate surface area is 344 Å². The summed E-state index contributed by atoms with van der Waals surface area (Å²) in [6, 6.07) is 31.7. The molecule has 4 rings (SSSR count). The second-order valence-corrected chi connectivity index (χ2v) is 13.1. The minimum absolute atomic E-state index is 0.324. The van der Waals surface area contributed by atoms with E-state index in [1.165, 1.54) is 0 Å². The predicted octanol–water partition coefficient (Wildman–Crippen LogP) is 9.13. The molecule has 58 heavy (non-hydrogen) atoms. The van der Waals surface area contributed by atoms with Crippen molar-refractivity contribution >= 4 is 11.9 Å². The zero-order valence-electron chi connectivity index (χ0n) is 34.5. The monoisotopic (exact) mass is 782 g/mol. The van der Waals surface area contributed by atoms with Gasteiger partial charge in [0.1, 0.15) is 24.7 Å². The minimum Gasteiger partial charge on any atom is -0.490 e. The Kier molecular flexibility index (Phi) is 18.9. The Morgan fingerprint density at radius 2 is 0.879 bits per heavy atom. The first-order valence-corrected chi connectivity index (χ1v) is 19.8. The summed E-state index contributed by atoms with van der Waals surface area (Å²) in [6.07, 6.45) is 3.56. The van der Waals surface area contributed by atoms with Crippen LogP contribution in [0.2, 0.25) is 0 Å². The lowest BCUT2D eigenvalue weighted by Gasteiger charge is -2.15. The highest BCUT2D eigenvalue weighted by Gasteiger charge is 2.21. The van der Waals surface area contributed by atoms with E-state index in [2.05, 4.69) is 47.9 Å². The molecule has 0 N–H and O–H groups in total. The van der Waals surface area contributed by atoms with Gasteiger partial charge in [0.25, 0.3) is 0 Å². The van der Waals surface area contributed by atoms with Gasteiger partial charge in [-0.25, -0.2) is 9.59 Å². The lowest BCUT2D eigenvalue weighted by molar-refractivity contribution is -0.157. The molecule has 302 valence electrons. The van der Waals surface area contributed by atoms with E-state index in [1.54, 1.807) is 13.8 Å². The largest absolute Gasteiger partial charge is 0.490 e. The van der Waals surface area contributed by atoms with E-state index in [1.807, 2.05) is 113 Å². The van der Waals surface area contributed by atoms with Gasteiger partial charge in [-0.15, -0.1) is 0 Å². The van der Waals surface area contributed by atoms with Gasteiger partial charge in [-0.2, -0.15) is 0 Å². The fraction of sp³-hybridized carbons (Fsp3) is 0.320. The van der Waals surface area contributed by atoms with Crippen LogP contribution in [0.5, 0.6) is 11.5 Å². The van der Waals surface area contributed by atoms with Gasteiger partial charge in [0, 0.05) is 37.2 Å². The second-order valence-electron chi connectivity index (χ2n) is 13.1. The van der Waals surface area contributed by atoms with Crippen molar-refractivity contribution in [2.45, 2.75) is 66.6 Å². The molecule has 8 heteroatoms. The molecule has 0 radical (unpaired) electrons.